The Labute approximate surface area is 162 Å². The van der Waals surface area contributed by atoms with E-state index in [1.807, 2.05) is 32.0 Å². The monoisotopic (exact) mass is 382 g/mol. The summed E-state index contributed by atoms with van der Waals surface area (Å²) >= 11 is 0. The molecule has 2 aromatic rings. The Balaban J connectivity index is 1.63. The van der Waals surface area contributed by atoms with Crippen molar-refractivity contribution in [3.63, 3.8) is 0 Å². The first kappa shape index (κ1) is 19.3. The normalized spacial score (nSPS) is 16.2. The lowest BCUT2D eigenvalue weighted by Crippen LogP contribution is -2.39. The lowest BCUT2D eigenvalue weighted by Gasteiger charge is -2.18. The van der Waals surface area contributed by atoms with E-state index >= 15 is 0 Å². The van der Waals surface area contributed by atoms with Crippen molar-refractivity contribution in [1.29, 1.82) is 0 Å². The highest BCUT2D eigenvalue weighted by molar-refractivity contribution is 5.98. The number of anilines is 2. The van der Waals surface area contributed by atoms with Crippen LogP contribution in [-0.2, 0) is 4.79 Å². The molecule has 1 heterocycles. The Kier molecular flexibility index (Phi) is 5.30. The van der Waals surface area contributed by atoms with E-state index in [1.165, 1.54) is 18.2 Å². The van der Waals surface area contributed by atoms with Crippen molar-refractivity contribution in [2.24, 2.45) is 0 Å². The zero-order valence-corrected chi connectivity index (χ0v) is 16.0. The zero-order valence-electron chi connectivity index (χ0n) is 16.0. The van der Waals surface area contributed by atoms with Crippen molar-refractivity contribution in [1.82, 2.24) is 5.32 Å². The lowest BCUT2D eigenvalue weighted by molar-refractivity contribution is -0.384. The number of amides is 3. The molecule has 2 aromatic carbocycles. The number of nitrogens with zero attached hydrogens (tertiary/aromatic N) is 2. The summed E-state index contributed by atoms with van der Waals surface area (Å²) in [5.74, 6) is -0.0416. The molecular formula is C20H22N4O4. The lowest BCUT2D eigenvalue weighted by atomic mass is 10.1. The highest BCUT2D eigenvalue weighted by atomic mass is 16.6. The SMILES string of the molecule is Cc1ccc(N2CC(NC(=O)Nc3ccc([N+](=O)[O-])cc3C)CC2=O)cc1C. The van der Waals surface area contributed by atoms with E-state index in [9.17, 15) is 19.7 Å². The number of carbonyl (C=O) groups is 2. The van der Waals surface area contributed by atoms with E-state index in [0.29, 0.717) is 17.8 Å². The molecule has 3 amide bonds. The molecule has 146 valence electrons. The number of nitro benzene ring substituents is 1. The Morgan fingerprint density at radius 1 is 1.11 bits per heavy atom. The third kappa shape index (κ3) is 4.11. The van der Waals surface area contributed by atoms with Crippen LogP contribution in [0.5, 0.6) is 0 Å². The fourth-order valence-corrected chi connectivity index (χ4v) is 3.19. The molecule has 3 rings (SSSR count). The van der Waals surface area contributed by atoms with Crippen LogP contribution in [0.3, 0.4) is 0 Å². The van der Waals surface area contributed by atoms with Crippen LogP contribution in [0.15, 0.2) is 36.4 Å². The summed E-state index contributed by atoms with van der Waals surface area (Å²) in [6.07, 6.45) is 0.222. The van der Waals surface area contributed by atoms with E-state index in [4.69, 9.17) is 0 Å². The molecule has 1 unspecified atom stereocenters. The maximum atomic E-state index is 12.4. The molecule has 28 heavy (non-hydrogen) atoms. The van der Waals surface area contributed by atoms with Gasteiger partial charge in [0.15, 0.2) is 0 Å². The van der Waals surface area contributed by atoms with Crippen LogP contribution >= 0.6 is 0 Å². The van der Waals surface area contributed by atoms with Crippen molar-refractivity contribution < 1.29 is 14.5 Å². The fourth-order valence-electron chi connectivity index (χ4n) is 3.19. The van der Waals surface area contributed by atoms with Gasteiger partial charge in [0.25, 0.3) is 5.69 Å². The number of rotatable bonds is 4. The first-order valence-electron chi connectivity index (χ1n) is 8.95. The van der Waals surface area contributed by atoms with Crippen molar-refractivity contribution in [3.8, 4) is 0 Å². The minimum Gasteiger partial charge on any atom is -0.333 e. The molecule has 1 fully saturated rings. The van der Waals surface area contributed by atoms with Gasteiger partial charge in [0.05, 0.1) is 11.0 Å². The van der Waals surface area contributed by atoms with Crippen LogP contribution in [0.2, 0.25) is 0 Å². The van der Waals surface area contributed by atoms with Gasteiger partial charge in [-0.2, -0.15) is 0 Å². The van der Waals surface area contributed by atoms with Crippen LogP contribution in [0, 0.1) is 30.9 Å². The van der Waals surface area contributed by atoms with Gasteiger partial charge in [-0.25, -0.2) is 4.79 Å². The van der Waals surface area contributed by atoms with Crippen molar-refractivity contribution in [3.05, 3.63) is 63.2 Å². The van der Waals surface area contributed by atoms with Gasteiger partial charge in [0, 0.05) is 36.5 Å². The largest absolute Gasteiger partial charge is 0.333 e. The Bertz CT molecular complexity index is 957. The molecule has 0 radical (unpaired) electrons. The number of nitro groups is 1. The third-order valence-electron chi connectivity index (χ3n) is 4.93. The summed E-state index contributed by atoms with van der Waals surface area (Å²) in [4.78, 5) is 36.7. The third-order valence-corrected chi connectivity index (χ3v) is 4.93. The number of nitrogens with one attached hydrogen (secondary N) is 2. The number of benzene rings is 2. The average molecular weight is 382 g/mol. The zero-order chi connectivity index (χ0) is 20.4. The van der Waals surface area contributed by atoms with Crippen LogP contribution in [0.1, 0.15) is 23.1 Å². The summed E-state index contributed by atoms with van der Waals surface area (Å²) < 4.78 is 0. The van der Waals surface area contributed by atoms with Gasteiger partial charge < -0.3 is 15.5 Å². The molecule has 1 atom stereocenters. The van der Waals surface area contributed by atoms with E-state index in [-0.39, 0.29) is 24.1 Å². The first-order chi connectivity index (χ1) is 13.2. The van der Waals surface area contributed by atoms with Gasteiger partial charge in [0.2, 0.25) is 5.91 Å². The van der Waals surface area contributed by atoms with Gasteiger partial charge in [-0.1, -0.05) is 6.07 Å². The average Bonchev–Trinajstić information content (AvgIpc) is 2.99. The van der Waals surface area contributed by atoms with E-state index in [1.54, 1.807) is 11.8 Å². The maximum Gasteiger partial charge on any atom is 0.319 e. The number of non-ortho nitro benzene ring substituents is 1. The predicted molar refractivity (Wildman–Crippen MR) is 107 cm³/mol. The number of aryl methyl sites for hydroxylation is 3. The summed E-state index contributed by atoms with van der Waals surface area (Å²) in [6, 6.07) is 9.32. The number of carbonyl (C=O) groups excluding carboxylic acids is 2. The van der Waals surface area contributed by atoms with Crippen LogP contribution in [0.4, 0.5) is 21.9 Å². The van der Waals surface area contributed by atoms with Crippen LogP contribution in [0.25, 0.3) is 0 Å². The Morgan fingerprint density at radius 3 is 2.50 bits per heavy atom. The fraction of sp³-hybridized carbons (Fsp3) is 0.300. The molecule has 0 aromatic heterocycles. The summed E-state index contributed by atoms with van der Waals surface area (Å²) in [6.45, 7) is 6.09. The highest BCUT2D eigenvalue weighted by Crippen LogP contribution is 2.25. The number of hydrogen-bond acceptors (Lipinski definition) is 4. The molecule has 1 aliphatic rings. The quantitative estimate of drug-likeness (QED) is 0.624. The molecule has 0 bridgehead atoms. The summed E-state index contributed by atoms with van der Waals surface area (Å²) in [5, 5.41) is 16.3. The standard InChI is InChI=1S/C20H22N4O4/c1-12-4-5-16(8-13(12)2)23-11-15(10-19(23)25)21-20(26)22-18-7-6-17(24(27)28)9-14(18)3/h4-9,15H,10-11H2,1-3H3,(H2,21,22,26). The van der Waals surface area contributed by atoms with Crippen molar-refractivity contribution >= 4 is 29.0 Å². The molecule has 0 saturated carbocycles. The molecule has 2 N–H and O–H groups in total. The van der Waals surface area contributed by atoms with E-state index < -0.39 is 11.0 Å². The summed E-state index contributed by atoms with van der Waals surface area (Å²) in [7, 11) is 0. The number of hydrogen-bond donors (Lipinski definition) is 2. The summed E-state index contributed by atoms with van der Waals surface area (Å²) in [5.41, 5.74) is 4.12. The van der Waals surface area contributed by atoms with Gasteiger partial charge in [-0.3, -0.25) is 14.9 Å². The van der Waals surface area contributed by atoms with E-state index in [0.717, 1.165) is 16.8 Å². The van der Waals surface area contributed by atoms with Crippen molar-refractivity contribution in [2.45, 2.75) is 33.2 Å². The first-order valence-corrected chi connectivity index (χ1v) is 8.95. The smallest absolute Gasteiger partial charge is 0.319 e. The van der Waals surface area contributed by atoms with Gasteiger partial charge in [0.1, 0.15) is 0 Å². The maximum absolute atomic E-state index is 12.4. The van der Waals surface area contributed by atoms with Crippen LogP contribution < -0.4 is 15.5 Å². The second kappa shape index (κ2) is 7.67. The minimum atomic E-state index is -0.484. The molecular weight excluding hydrogens is 360 g/mol. The van der Waals surface area contributed by atoms with Crippen molar-refractivity contribution in [2.75, 3.05) is 16.8 Å². The Hall–Kier alpha value is -3.42. The minimum absolute atomic E-state index is 0.0334. The molecule has 0 aliphatic carbocycles. The predicted octanol–water partition coefficient (Wildman–Crippen LogP) is 3.45. The highest BCUT2D eigenvalue weighted by Gasteiger charge is 2.31. The molecule has 1 aliphatic heterocycles. The molecule has 8 nitrogen and oxygen atoms in total. The van der Waals surface area contributed by atoms with Gasteiger partial charge in [-0.15, -0.1) is 0 Å². The van der Waals surface area contributed by atoms with Gasteiger partial charge in [-0.05, 0) is 55.7 Å². The Morgan fingerprint density at radius 2 is 1.86 bits per heavy atom. The van der Waals surface area contributed by atoms with Crippen LogP contribution in [-0.4, -0.2) is 29.4 Å². The molecule has 0 spiro atoms. The second-order valence-electron chi connectivity index (χ2n) is 7.03. The topological polar surface area (TPSA) is 105 Å². The number of urea groups is 1. The molecule has 1 saturated heterocycles. The van der Waals surface area contributed by atoms with Gasteiger partial charge >= 0.3 is 6.03 Å². The molecule has 8 heteroatoms. The second-order valence-corrected chi connectivity index (χ2v) is 7.03. The van der Waals surface area contributed by atoms with E-state index in [2.05, 4.69) is 10.6 Å².